The Kier molecular flexibility index (Phi) is 4.98. The van der Waals surface area contributed by atoms with Gasteiger partial charge in [0.1, 0.15) is 0 Å². The molecule has 3 aromatic carbocycles. The normalized spacial score (nSPS) is 10.9. The fourth-order valence-electron chi connectivity index (χ4n) is 2.62. The zero-order valence-corrected chi connectivity index (χ0v) is 14.2. The zero-order chi connectivity index (χ0) is 19.4. The standard InChI is InChI=1S/C19H15N3O5/c1-27-17-10-14(22(25)26)9-13(18(17)23)11-20-21-19(24)16-8-4-6-12-5-2-3-7-15(12)16/h2-11,23H,1H3,(H,21,24). The largest absolute Gasteiger partial charge is 0.504 e. The maximum atomic E-state index is 12.4. The minimum atomic E-state index is -0.617. The van der Waals surface area contributed by atoms with Gasteiger partial charge in [-0.2, -0.15) is 5.10 Å². The van der Waals surface area contributed by atoms with Crippen molar-refractivity contribution in [3.63, 3.8) is 0 Å². The van der Waals surface area contributed by atoms with E-state index in [-0.39, 0.29) is 22.7 Å². The molecule has 3 aromatic rings. The number of carbonyl (C=O) groups excluding carboxylic acids is 1. The highest BCUT2D eigenvalue weighted by Gasteiger charge is 2.16. The third kappa shape index (κ3) is 3.69. The summed E-state index contributed by atoms with van der Waals surface area (Å²) in [6, 6.07) is 15.0. The molecule has 0 aliphatic rings. The molecule has 0 saturated heterocycles. The maximum Gasteiger partial charge on any atom is 0.274 e. The van der Waals surface area contributed by atoms with Gasteiger partial charge in [0.05, 0.1) is 24.3 Å². The number of phenols is 1. The number of non-ortho nitro benzene ring substituents is 1. The monoisotopic (exact) mass is 365 g/mol. The van der Waals surface area contributed by atoms with Crippen molar-refractivity contribution in [1.29, 1.82) is 0 Å². The summed E-state index contributed by atoms with van der Waals surface area (Å²) in [6.45, 7) is 0. The Morgan fingerprint density at radius 3 is 2.70 bits per heavy atom. The molecule has 0 aromatic heterocycles. The molecule has 0 atom stereocenters. The number of hydrogen-bond acceptors (Lipinski definition) is 6. The molecule has 8 heteroatoms. The van der Waals surface area contributed by atoms with Gasteiger partial charge in [0, 0.05) is 17.2 Å². The molecule has 2 N–H and O–H groups in total. The third-order valence-corrected chi connectivity index (χ3v) is 3.92. The van der Waals surface area contributed by atoms with Gasteiger partial charge >= 0.3 is 0 Å². The lowest BCUT2D eigenvalue weighted by Crippen LogP contribution is -2.18. The van der Waals surface area contributed by atoms with Crippen LogP contribution in [-0.4, -0.2) is 29.3 Å². The average Bonchev–Trinajstić information content (AvgIpc) is 2.68. The summed E-state index contributed by atoms with van der Waals surface area (Å²) in [5, 5.41) is 26.5. The van der Waals surface area contributed by atoms with Crippen molar-refractivity contribution in [3.05, 3.63) is 75.8 Å². The lowest BCUT2D eigenvalue weighted by atomic mass is 10.0. The van der Waals surface area contributed by atoms with Crippen LogP contribution in [0.1, 0.15) is 15.9 Å². The lowest BCUT2D eigenvalue weighted by Gasteiger charge is -2.06. The molecule has 0 fully saturated rings. The summed E-state index contributed by atoms with van der Waals surface area (Å²) in [6.07, 6.45) is 1.12. The fourth-order valence-corrected chi connectivity index (χ4v) is 2.62. The highest BCUT2D eigenvalue weighted by Crippen LogP contribution is 2.33. The van der Waals surface area contributed by atoms with E-state index >= 15 is 0 Å². The third-order valence-electron chi connectivity index (χ3n) is 3.92. The van der Waals surface area contributed by atoms with Crippen LogP contribution in [0, 0.1) is 10.1 Å². The van der Waals surface area contributed by atoms with Gasteiger partial charge in [-0.25, -0.2) is 5.43 Å². The lowest BCUT2D eigenvalue weighted by molar-refractivity contribution is -0.385. The van der Waals surface area contributed by atoms with Crippen molar-refractivity contribution in [3.8, 4) is 11.5 Å². The first-order valence-corrected chi connectivity index (χ1v) is 7.88. The van der Waals surface area contributed by atoms with Crippen molar-refractivity contribution in [2.75, 3.05) is 7.11 Å². The number of aromatic hydroxyl groups is 1. The van der Waals surface area contributed by atoms with E-state index in [1.807, 2.05) is 30.3 Å². The summed E-state index contributed by atoms with van der Waals surface area (Å²) in [5.41, 5.74) is 2.57. The van der Waals surface area contributed by atoms with Crippen LogP contribution in [-0.2, 0) is 0 Å². The fraction of sp³-hybridized carbons (Fsp3) is 0.0526. The molecule has 27 heavy (non-hydrogen) atoms. The van der Waals surface area contributed by atoms with Gasteiger partial charge in [-0.3, -0.25) is 14.9 Å². The van der Waals surface area contributed by atoms with Crippen LogP contribution >= 0.6 is 0 Å². The minimum absolute atomic E-state index is 0.0410. The smallest absolute Gasteiger partial charge is 0.274 e. The zero-order valence-electron chi connectivity index (χ0n) is 14.2. The number of hydrazone groups is 1. The second kappa shape index (κ2) is 7.52. The number of benzene rings is 3. The van der Waals surface area contributed by atoms with Crippen molar-refractivity contribution in [2.45, 2.75) is 0 Å². The number of amides is 1. The molecule has 0 saturated carbocycles. The van der Waals surface area contributed by atoms with Crippen LogP contribution in [0.25, 0.3) is 10.8 Å². The molecule has 136 valence electrons. The van der Waals surface area contributed by atoms with Crippen LogP contribution in [0.2, 0.25) is 0 Å². The molecule has 0 radical (unpaired) electrons. The van der Waals surface area contributed by atoms with Gasteiger partial charge in [-0.05, 0) is 16.8 Å². The van der Waals surface area contributed by atoms with Gasteiger partial charge in [0.25, 0.3) is 11.6 Å². The van der Waals surface area contributed by atoms with E-state index < -0.39 is 10.8 Å². The SMILES string of the molecule is COc1cc([N+](=O)[O-])cc(C=NNC(=O)c2cccc3ccccc23)c1O. The van der Waals surface area contributed by atoms with Gasteiger partial charge in [0.15, 0.2) is 11.5 Å². The van der Waals surface area contributed by atoms with Crippen LogP contribution in [0.5, 0.6) is 11.5 Å². The molecule has 0 aliphatic heterocycles. The van der Waals surface area contributed by atoms with Gasteiger partial charge < -0.3 is 9.84 Å². The molecule has 0 aliphatic carbocycles. The molecule has 0 heterocycles. The van der Waals surface area contributed by atoms with E-state index in [2.05, 4.69) is 10.5 Å². The number of carbonyl (C=O) groups is 1. The summed E-state index contributed by atoms with van der Waals surface area (Å²) in [5.74, 6) is -0.822. The number of nitro benzene ring substituents is 1. The molecule has 8 nitrogen and oxygen atoms in total. The van der Waals surface area contributed by atoms with Crippen molar-refractivity contribution in [1.82, 2.24) is 5.43 Å². The summed E-state index contributed by atoms with van der Waals surface area (Å²) >= 11 is 0. The molecular weight excluding hydrogens is 350 g/mol. The number of fused-ring (bicyclic) bond motifs is 1. The first-order valence-electron chi connectivity index (χ1n) is 7.88. The molecule has 1 amide bonds. The number of nitro groups is 1. The van der Waals surface area contributed by atoms with Crippen molar-refractivity contribution >= 4 is 28.6 Å². The van der Waals surface area contributed by atoms with E-state index in [1.165, 1.54) is 7.11 Å². The second-order valence-electron chi connectivity index (χ2n) is 5.57. The number of nitrogens with one attached hydrogen (secondary N) is 1. The number of ether oxygens (including phenoxy) is 1. The highest BCUT2D eigenvalue weighted by atomic mass is 16.6. The number of rotatable bonds is 5. The maximum absolute atomic E-state index is 12.4. The molecule has 0 spiro atoms. The topological polar surface area (TPSA) is 114 Å². The molecule has 3 rings (SSSR count). The average molecular weight is 365 g/mol. The van der Waals surface area contributed by atoms with E-state index in [0.717, 1.165) is 29.1 Å². The Bertz CT molecular complexity index is 1060. The number of phenolic OH excluding ortho intramolecular Hbond substituents is 1. The van der Waals surface area contributed by atoms with Crippen LogP contribution < -0.4 is 10.2 Å². The molecule has 0 bridgehead atoms. The van der Waals surface area contributed by atoms with E-state index in [9.17, 15) is 20.0 Å². The minimum Gasteiger partial charge on any atom is -0.504 e. The number of hydrogen-bond donors (Lipinski definition) is 2. The summed E-state index contributed by atoms with van der Waals surface area (Å²) < 4.78 is 4.92. The van der Waals surface area contributed by atoms with E-state index in [0.29, 0.717) is 5.56 Å². The van der Waals surface area contributed by atoms with Gasteiger partial charge in [-0.1, -0.05) is 36.4 Å². The summed E-state index contributed by atoms with van der Waals surface area (Å²) in [4.78, 5) is 22.8. The van der Waals surface area contributed by atoms with Gasteiger partial charge in [-0.15, -0.1) is 0 Å². The van der Waals surface area contributed by atoms with E-state index in [4.69, 9.17) is 4.74 Å². The predicted molar refractivity (Wildman–Crippen MR) is 100 cm³/mol. The Morgan fingerprint density at radius 1 is 1.22 bits per heavy atom. The summed E-state index contributed by atoms with van der Waals surface area (Å²) in [7, 11) is 1.28. The Labute approximate surface area is 153 Å². The Hall–Kier alpha value is -3.94. The predicted octanol–water partition coefficient (Wildman–Crippen LogP) is 3.23. The van der Waals surface area contributed by atoms with Crippen molar-refractivity contribution < 1.29 is 19.6 Å². The van der Waals surface area contributed by atoms with Crippen LogP contribution in [0.15, 0.2) is 59.7 Å². The second-order valence-corrected chi connectivity index (χ2v) is 5.57. The first kappa shape index (κ1) is 17.9. The molecular formula is C19H15N3O5. The Balaban J connectivity index is 1.86. The highest BCUT2D eigenvalue weighted by molar-refractivity contribution is 6.07. The number of nitrogens with zero attached hydrogens (tertiary/aromatic N) is 2. The number of methoxy groups -OCH3 is 1. The quantitative estimate of drug-likeness (QED) is 0.409. The van der Waals surface area contributed by atoms with Crippen LogP contribution in [0.3, 0.4) is 0 Å². The first-order chi connectivity index (χ1) is 13.0. The van der Waals surface area contributed by atoms with Gasteiger partial charge in [0.2, 0.25) is 0 Å². The van der Waals surface area contributed by atoms with Crippen LogP contribution in [0.4, 0.5) is 5.69 Å². The van der Waals surface area contributed by atoms with Crippen molar-refractivity contribution in [2.24, 2.45) is 5.10 Å². The Morgan fingerprint density at radius 2 is 1.96 bits per heavy atom. The van der Waals surface area contributed by atoms with E-state index in [1.54, 1.807) is 12.1 Å². The molecule has 0 unspecified atom stereocenters.